The summed E-state index contributed by atoms with van der Waals surface area (Å²) in [7, 11) is -2.68. The lowest BCUT2D eigenvalue weighted by atomic mass is 10.4. The molecule has 0 aliphatic rings. The Kier molecular flexibility index (Phi) is 3.53. The molecule has 0 saturated carbocycles. The summed E-state index contributed by atoms with van der Waals surface area (Å²) in [6, 6.07) is 0. The van der Waals surface area contributed by atoms with Crippen LogP contribution in [0.2, 0.25) is 0 Å². The second-order valence-electron chi connectivity index (χ2n) is 3.24. The van der Waals surface area contributed by atoms with Gasteiger partial charge in [-0.15, -0.1) is 0 Å². The summed E-state index contributed by atoms with van der Waals surface area (Å²) in [6.45, 7) is 2.93. The maximum absolute atomic E-state index is 11.7. The first-order valence-electron chi connectivity index (χ1n) is 4.48. The second kappa shape index (κ2) is 4.52. The summed E-state index contributed by atoms with van der Waals surface area (Å²) in [4.78, 5) is 11.1. The number of aromatic nitrogens is 2. The fourth-order valence-electron chi connectivity index (χ4n) is 0.973. The van der Waals surface area contributed by atoms with Crippen molar-refractivity contribution in [1.29, 1.82) is 0 Å². The molecule has 0 saturated heterocycles. The number of hydrogen-bond acceptors (Lipinski definition) is 5. The first kappa shape index (κ1) is 12.5. The smallest absolute Gasteiger partial charge is 0.325 e. The van der Waals surface area contributed by atoms with Crippen LogP contribution < -0.4 is 4.72 Å². The van der Waals surface area contributed by atoms with Crippen molar-refractivity contribution in [2.75, 3.05) is 11.8 Å². The number of methoxy groups -OCH3 is 1. The summed E-state index contributed by atoms with van der Waals surface area (Å²) >= 11 is 0. The second-order valence-corrected chi connectivity index (χ2v) is 5.24. The Labute approximate surface area is 93.2 Å². The van der Waals surface area contributed by atoms with Gasteiger partial charge in [0.2, 0.25) is 10.0 Å². The third kappa shape index (κ3) is 2.51. The van der Waals surface area contributed by atoms with Gasteiger partial charge in [-0.1, -0.05) is 0 Å². The van der Waals surface area contributed by atoms with Crippen molar-refractivity contribution >= 4 is 21.8 Å². The van der Waals surface area contributed by atoms with E-state index in [0.717, 1.165) is 7.11 Å². The van der Waals surface area contributed by atoms with E-state index in [-0.39, 0.29) is 5.82 Å². The van der Waals surface area contributed by atoms with E-state index in [1.807, 2.05) is 0 Å². The fourth-order valence-corrected chi connectivity index (χ4v) is 1.99. The average Bonchev–Trinajstić information content (AvgIpc) is 2.61. The van der Waals surface area contributed by atoms with Gasteiger partial charge in [-0.2, -0.15) is 5.10 Å². The number of hydrogen-bond donors (Lipinski definition) is 2. The summed E-state index contributed by atoms with van der Waals surface area (Å²) in [5.41, 5.74) is 0.639. The van der Waals surface area contributed by atoms with Crippen molar-refractivity contribution in [1.82, 2.24) is 10.2 Å². The highest BCUT2D eigenvalue weighted by Crippen LogP contribution is 2.13. The van der Waals surface area contributed by atoms with Crippen LogP contribution >= 0.6 is 0 Å². The highest BCUT2D eigenvalue weighted by Gasteiger charge is 2.29. The number of sulfonamides is 1. The number of esters is 1. The maximum Gasteiger partial charge on any atom is 0.325 e. The minimum Gasteiger partial charge on any atom is -0.468 e. The van der Waals surface area contributed by atoms with Crippen LogP contribution in [0, 0.1) is 6.92 Å². The Hall–Kier alpha value is -1.57. The zero-order valence-electron chi connectivity index (χ0n) is 9.14. The monoisotopic (exact) mass is 247 g/mol. The van der Waals surface area contributed by atoms with E-state index in [9.17, 15) is 13.2 Å². The highest BCUT2D eigenvalue weighted by molar-refractivity contribution is 7.94. The molecule has 0 spiro atoms. The summed E-state index contributed by atoms with van der Waals surface area (Å²) < 4.78 is 30.0. The van der Waals surface area contributed by atoms with Crippen molar-refractivity contribution in [2.45, 2.75) is 19.1 Å². The number of ether oxygens (including phenoxy) is 1. The quantitative estimate of drug-likeness (QED) is 0.730. The number of H-pyrrole nitrogens is 1. The molecule has 0 aromatic carbocycles. The van der Waals surface area contributed by atoms with E-state index >= 15 is 0 Å². The van der Waals surface area contributed by atoms with Gasteiger partial charge in [0.1, 0.15) is 5.82 Å². The van der Waals surface area contributed by atoms with E-state index in [1.54, 1.807) is 6.92 Å². The lowest BCUT2D eigenvalue weighted by molar-refractivity contribution is -0.139. The number of rotatable bonds is 4. The molecule has 1 atom stereocenters. The van der Waals surface area contributed by atoms with E-state index in [4.69, 9.17) is 0 Å². The van der Waals surface area contributed by atoms with Gasteiger partial charge in [0.25, 0.3) is 0 Å². The Morgan fingerprint density at radius 1 is 1.62 bits per heavy atom. The molecule has 16 heavy (non-hydrogen) atoms. The Bertz CT molecular complexity index is 479. The van der Waals surface area contributed by atoms with E-state index in [2.05, 4.69) is 19.7 Å². The van der Waals surface area contributed by atoms with Crippen LogP contribution in [-0.2, 0) is 19.6 Å². The van der Waals surface area contributed by atoms with Crippen LogP contribution in [0.5, 0.6) is 0 Å². The molecule has 2 N–H and O–H groups in total. The molecule has 1 aromatic heterocycles. The van der Waals surface area contributed by atoms with Crippen LogP contribution in [0.15, 0.2) is 6.20 Å². The largest absolute Gasteiger partial charge is 0.468 e. The van der Waals surface area contributed by atoms with Crippen LogP contribution in [-0.4, -0.2) is 36.9 Å². The summed E-state index contributed by atoms with van der Waals surface area (Å²) in [5, 5.41) is 4.87. The first-order valence-corrected chi connectivity index (χ1v) is 6.02. The first-order chi connectivity index (χ1) is 7.38. The zero-order valence-corrected chi connectivity index (χ0v) is 9.96. The van der Waals surface area contributed by atoms with Crippen LogP contribution in [0.1, 0.15) is 12.5 Å². The Morgan fingerprint density at radius 2 is 2.25 bits per heavy atom. The topological polar surface area (TPSA) is 101 Å². The molecule has 0 aliphatic carbocycles. The molecule has 0 fully saturated rings. The molecule has 0 radical (unpaired) electrons. The number of nitrogens with one attached hydrogen (secondary N) is 2. The molecule has 1 rings (SSSR count). The lowest BCUT2D eigenvalue weighted by Gasteiger charge is -2.11. The van der Waals surface area contributed by atoms with E-state index in [0.29, 0.717) is 5.56 Å². The summed E-state index contributed by atoms with van der Waals surface area (Å²) in [5.74, 6) is -0.569. The van der Waals surface area contributed by atoms with Crippen LogP contribution in [0.3, 0.4) is 0 Å². The SMILES string of the molecule is COC(=O)C(C)S(=O)(=O)Nc1[nH]ncc1C. The Balaban J connectivity index is 2.88. The fraction of sp³-hybridized carbons (Fsp3) is 0.500. The third-order valence-electron chi connectivity index (χ3n) is 2.07. The Morgan fingerprint density at radius 3 is 2.69 bits per heavy atom. The van der Waals surface area contributed by atoms with Gasteiger partial charge in [0, 0.05) is 5.56 Å². The average molecular weight is 247 g/mol. The molecule has 0 amide bonds. The van der Waals surface area contributed by atoms with Gasteiger partial charge in [0.15, 0.2) is 5.25 Å². The standard InChI is InChI=1S/C8H13N3O4S/c1-5-4-9-10-7(5)11-16(13,14)6(2)8(12)15-3/h4,6H,1-3H3,(H2,9,10,11). The number of nitrogens with zero attached hydrogens (tertiary/aromatic N) is 1. The van der Waals surface area contributed by atoms with Gasteiger partial charge in [-0.05, 0) is 13.8 Å². The molecule has 1 unspecified atom stereocenters. The van der Waals surface area contributed by atoms with E-state index in [1.165, 1.54) is 13.1 Å². The van der Waals surface area contributed by atoms with Crippen molar-refractivity contribution in [3.8, 4) is 0 Å². The molecular formula is C8H13N3O4S. The molecule has 0 bridgehead atoms. The minimum absolute atomic E-state index is 0.246. The third-order valence-corrected chi connectivity index (χ3v) is 3.68. The van der Waals surface area contributed by atoms with Crippen molar-refractivity contribution in [3.05, 3.63) is 11.8 Å². The number of aromatic amines is 1. The van der Waals surface area contributed by atoms with Gasteiger partial charge < -0.3 is 4.74 Å². The number of aryl methyl sites for hydroxylation is 1. The molecule has 90 valence electrons. The molecule has 0 aliphatic heterocycles. The van der Waals surface area contributed by atoms with Gasteiger partial charge in [-0.3, -0.25) is 14.6 Å². The summed E-state index contributed by atoms with van der Waals surface area (Å²) in [6.07, 6.45) is 1.47. The van der Waals surface area contributed by atoms with Gasteiger partial charge >= 0.3 is 5.97 Å². The molecule has 1 heterocycles. The van der Waals surface area contributed by atoms with Crippen LogP contribution in [0.25, 0.3) is 0 Å². The maximum atomic E-state index is 11.7. The molecule has 8 heteroatoms. The van der Waals surface area contributed by atoms with Crippen molar-refractivity contribution < 1.29 is 17.9 Å². The molecule has 7 nitrogen and oxygen atoms in total. The highest BCUT2D eigenvalue weighted by atomic mass is 32.2. The normalized spacial score (nSPS) is 13.2. The van der Waals surface area contributed by atoms with E-state index < -0.39 is 21.2 Å². The van der Waals surface area contributed by atoms with Crippen molar-refractivity contribution in [2.24, 2.45) is 0 Å². The predicted octanol–water partition coefficient (Wildman–Crippen LogP) is 0.0213. The lowest BCUT2D eigenvalue weighted by Crippen LogP contribution is -2.33. The molecule has 1 aromatic rings. The van der Waals surface area contributed by atoms with Crippen molar-refractivity contribution in [3.63, 3.8) is 0 Å². The zero-order chi connectivity index (χ0) is 12.3. The van der Waals surface area contributed by atoms with Gasteiger partial charge in [0.05, 0.1) is 13.3 Å². The molecular weight excluding hydrogens is 234 g/mol. The van der Waals surface area contributed by atoms with Gasteiger partial charge in [-0.25, -0.2) is 8.42 Å². The number of anilines is 1. The number of carbonyl (C=O) groups is 1. The minimum atomic E-state index is -3.81. The predicted molar refractivity (Wildman–Crippen MR) is 57.3 cm³/mol. The van der Waals surface area contributed by atoms with Crippen LogP contribution in [0.4, 0.5) is 5.82 Å². The number of carbonyl (C=O) groups excluding carboxylic acids is 1.